The van der Waals surface area contributed by atoms with E-state index >= 15 is 0 Å². The summed E-state index contributed by atoms with van der Waals surface area (Å²) < 4.78 is 2.88. The second-order valence-corrected chi connectivity index (χ2v) is 28.9. The van der Waals surface area contributed by atoms with Gasteiger partial charge in [-0.3, -0.25) is 0 Å². The van der Waals surface area contributed by atoms with E-state index in [9.17, 15) is 0 Å². The van der Waals surface area contributed by atoms with Gasteiger partial charge in [0.05, 0.1) is 11.4 Å². The Labute approximate surface area is 440 Å². The van der Waals surface area contributed by atoms with Crippen LogP contribution in [0.1, 0.15) is 174 Å². The van der Waals surface area contributed by atoms with Crippen LogP contribution in [0.25, 0.3) is 53.6 Å². The third kappa shape index (κ3) is 5.89. The van der Waals surface area contributed by atoms with Gasteiger partial charge in [0.15, 0.2) is 0 Å². The molecule has 0 saturated heterocycles. The van der Waals surface area contributed by atoms with Crippen LogP contribution in [-0.4, -0.2) is 12.4 Å². The number of thiophene rings is 1. The van der Waals surface area contributed by atoms with E-state index in [1.807, 2.05) is 0 Å². The van der Waals surface area contributed by atoms with Crippen LogP contribution >= 0.6 is 11.3 Å². The van der Waals surface area contributed by atoms with E-state index in [2.05, 4.69) is 233 Å². The van der Waals surface area contributed by atoms with Crippen molar-refractivity contribution in [3.63, 3.8) is 0 Å². The highest BCUT2D eigenvalue weighted by molar-refractivity contribution is 7.27. The molecule has 0 amide bonds. The van der Waals surface area contributed by atoms with Crippen LogP contribution < -0.4 is 20.6 Å². The van der Waals surface area contributed by atoms with Gasteiger partial charge < -0.3 is 9.71 Å². The minimum atomic E-state index is -0.207. The number of benzene rings is 7. The van der Waals surface area contributed by atoms with E-state index < -0.39 is 0 Å². The molecule has 2 nitrogen and oxygen atoms in total. The Balaban J connectivity index is 1.20. The quantitative estimate of drug-likeness (QED) is 0.159. The molecule has 73 heavy (non-hydrogen) atoms. The molecule has 1 saturated carbocycles. The van der Waals surface area contributed by atoms with E-state index in [0.717, 1.165) is 0 Å². The number of rotatable bonds is 2. The maximum Gasteiger partial charge on any atom is 0.330 e. The lowest BCUT2D eigenvalue weighted by Gasteiger charge is -2.55. The maximum atomic E-state index is 3.09. The summed E-state index contributed by atoms with van der Waals surface area (Å²) in [6.45, 7) is 34.7. The molecule has 1 fully saturated rings. The van der Waals surface area contributed by atoms with E-state index in [0.29, 0.717) is 0 Å². The molecular weight excluding hydrogens is 900 g/mol. The summed E-state index contributed by atoms with van der Waals surface area (Å²) in [5.41, 5.74) is 26.9. The lowest BCUT2D eigenvalue weighted by molar-refractivity contribution is 0.199. The summed E-state index contributed by atoms with van der Waals surface area (Å²) in [5, 5.41) is 2.84. The minimum Gasteiger partial charge on any atom is -0.400 e. The standard InChI is InChI=1S/C69H73BN2S/c1-63(2,3)41-26-28-54(45(34-41)40-22-16-15-17-23-40)71-55-29-27-43-46-37-50-51(66(9,10)33-32-65(50,7)8)39-56(46)73-62(43)59(55)70-58-47(38-52-57(61(58)71)44-24-18-19-25-49(44)67(52,11)12)48-35-42(64(4,5)6)36-53-60(48)72(70)69(14)31-21-20-30-68(53,69)13/h15-19,22-29,34-39H,20-21,30-33H2,1-14H3. The Kier molecular flexibility index (Phi) is 9.08. The highest BCUT2D eigenvalue weighted by atomic mass is 32.1. The number of fused-ring (bicyclic) bond motifs is 16. The molecule has 14 rings (SSSR count). The molecule has 7 aromatic carbocycles. The SMILES string of the molecule is CC(C)(C)c1ccc(N2c3ccc4c(sc5cc6c(cc54)C(C)(C)CCC6(C)C)c3B3c4c(cc5c(c42)-c2ccccc2C5(C)C)-c2cc(C(C)(C)C)cc4c2N3C2(C)CCCCC42C)c(-c2ccccc2)c1. The molecule has 368 valence electrons. The first-order valence-electron chi connectivity index (χ1n) is 27.8. The fourth-order valence-electron chi connectivity index (χ4n) is 15.7. The van der Waals surface area contributed by atoms with Crippen LogP contribution in [-0.2, 0) is 32.5 Å². The molecule has 0 N–H and O–H groups in total. The van der Waals surface area contributed by atoms with Gasteiger partial charge in [-0.05, 0) is 163 Å². The van der Waals surface area contributed by atoms with Gasteiger partial charge in [-0.25, -0.2) is 0 Å². The molecule has 8 aromatic rings. The van der Waals surface area contributed by atoms with Crippen molar-refractivity contribution in [1.82, 2.24) is 0 Å². The largest absolute Gasteiger partial charge is 0.400 e. The molecule has 4 heteroatoms. The predicted octanol–water partition coefficient (Wildman–Crippen LogP) is 18.0. The summed E-state index contributed by atoms with van der Waals surface area (Å²) in [7, 11) is 0. The lowest BCUT2D eigenvalue weighted by atomic mass is 9.41. The highest BCUT2D eigenvalue weighted by Crippen LogP contribution is 2.66. The highest BCUT2D eigenvalue weighted by Gasteiger charge is 2.64. The second kappa shape index (κ2) is 14.4. The Morgan fingerprint density at radius 2 is 1.15 bits per heavy atom. The Bertz CT molecular complexity index is 3740. The van der Waals surface area contributed by atoms with Crippen molar-refractivity contribution in [2.45, 2.75) is 173 Å². The van der Waals surface area contributed by atoms with Crippen LogP contribution in [0.15, 0.2) is 115 Å². The molecule has 0 spiro atoms. The normalized spacial score (nSPS) is 22.4. The zero-order valence-corrected chi connectivity index (χ0v) is 46.9. The van der Waals surface area contributed by atoms with Crippen molar-refractivity contribution < 1.29 is 0 Å². The minimum absolute atomic E-state index is 0.00220. The van der Waals surface area contributed by atoms with Crippen LogP contribution in [0.2, 0.25) is 0 Å². The summed E-state index contributed by atoms with van der Waals surface area (Å²) in [6.07, 6.45) is 7.32. The molecule has 3 aliphatic heterocycles. The van der Waals surface area contributed by atoms with Crippen molar-refractivity contribution in [2.75, 3.05) is 9.71 Å². The second-order valence-electron chi connectivity index (χ2n) is 27.9. The van der Waals surface area contributed by atoms with Crippen LogP contribution in [0, 0.1) is 0 Å². The van der Waals surface area contributed by atoms with Gasteiger partial charge in [0.25, 0.3) is 0 Å². The van der Waals surface area contributed by atoms with E-state index in [-0.39, 0.29) is 44.9 Å². The van der Waals surface area contributed by atoms with Crippen molar-refractivity contribution in [2.24, 2.45) is 0 Å². The predicted molar refractivity (Wildman–Crippen MR) is 317 cm³/mol. The number of nitrogens with zero attached hydrogens (tertiary/aromatic N) is 2. The zero-order chi connectivity index (χ0) is 50.9. The van der Waals surface area contributed by atoms with Gasteiger partial charge in [0.1, 0.15) is 0 Å². The molecule has 6 aliphatic rings. The van der Waals surface area contributed by atoms with Crippen LogP contribution in [0.5, 0.6) is 0 Å². The summed E-state index contributed by atoms with van der Waals surface area (Å²) in [5.74, 6) is 0. The molecule has 0 radical (unpaired) electrons. The fraction of sp³-hybridized carbons (Fsp3) is 0.391. The van der Waals surface area contributed by atoms with Crippen molar-refractivity contribution in [3.8, 4) is 33.4 Å². The molecule has 0 bridgehead atoms. The van der Waals surface area contributed by atoms with Crippen LogP contribution in [0.3, 0.4) is 0 Å². The molecule has 4 heterocycles. The molecule has 2 atom stereocenters. The van der Waals surface area contributed by atoms with E-state index in [1.165, 1.54) is 148 Å². The average molecular weight is 973 g/mol. The topological polar surface area (TPSA) is 6.48 Å². The summed E-state index contributed by atoms with van der Waals surface area (Å²) in [6, 6.07) is 46.7. The van der Waals surface area contributed by atoms with E-state index in [4.69, 9.17) is 0 Å². The van der Waals surface area contributed by atoms with Gasteiger partial charge in [0.2, 0.25) is 0 Å². The van der Waals surface area contributed by atoms with Gasteiger partial charge in [-0.2, -0.15) is 0 Å². The fourth-order valence-corrected chi connectivity index (χ4v) is 17.0. The third-order valence-electron chi connectivity index (χ3n) is 20.4. The lowest BCUT2D eigenvalue weighted by Crippen LogP contribution is -2.70. The molecule has 2 unspecified atom stereocenters. The first-order valence-corrected chi connectivity index (χ1v) is 28.6. The number of hydrogen-bond acceptors (Lipinski definition) is 3. The summed E-state index contributed by atoms with van der Waals surface area (Å²) >= 11 is 2.08. The Morgan fingerprint density at radius 3 is 1.88 bits per heavy atom. The monoisotopic (exact) mass is 973 g/mol. The number of hydrogen-bond donors (Lipinski definition) is 0. The first-order chi connectivity index (χ1) is 34.5. The van der Waals surface area contributed by atoms with Gasteiger partial charge in [-0.15, -0.1) is 11.3 Å². The third-order valence-corrected chi connectivity index (χ3v) is 21.6. The molecule has 1 aromatic heterocycles. The van der Waals surface area contributed by atoms with Crippen molar-refractivity contribution in [1.29, 1.82) is 0 Å². The van der Waals surface area contributed by atoms with E-state index in [1.54, 1.807) is 16.7 Å². The zero-order valence-electron chi connectivity index (χ0n) is 46.1. The first kappa shape index (κ1) is 46.0. The van der Waals surface area contributed by atoms with Crippen molar-refractivity contribution >= 4 is 72.0 Å². The molecule has 3 aliphatic carbocycles. The maximum absolute atomic E-state index is 3.09. The smallest absolute Gasteiger partial charge is 0.330 e. The average Bonchev–Trinajstić information content (AvgIpc) is 3.91. The Hall–Kier alpha value is -5.58. The van der Waals surface area contributed by atoms with Gasteiger partial charge in [-0.1, -0.05) is 176 Å². The molecular formula is C69H73BN2S. The van der Waals surface area contributed by atoms with Crippen LogP contribution in [0.4, 0.5) is 22.7 Å². The van der Waals surface area contributed by atoms with Gasteiger partial charge >= 0.3 is 6.85 Å². The summed E-state index contributed by atoms with van der Waals surface area (Å²) in [4.78, 5) is 5.90. The van der Waals surface area contributed by atoms with Crippen molar-refractivity contribution in [3.05, 3.63) is 154 Å². The van der Waals surface area contributed by atoms with Gasteiger partial charge in [0, 0.05) is 64.6 Å². The number of anilines is 4. The Morgan fingerprint density at radius 1 is 0.493 bits per heavy atom.